The molecule has 26 heavy (non-hydrogen) atoms. The Bertz CT molecular complexity index is 792. The standard InChI is InChI=1S/C20H27FN4O/c1-24(12-17-11-15-10-16(21)4-5-18(15)23-17)19(26)22-13-20(6-7-20)14-25-8-2-3-9-25/h4-5,10-11,23H,2-3,6-9,12-14H2,1H3,(H,22,26). The number of nitrogens with one attached hydrogen (secondary N) is 2. The van der Waals surface area contributed by atoms with Crippen molar-refractivity contribution in [3.05, 3.63) is 35.8 Å². The number of hydrogen-bond acceptors (Lipinski definition) is 2. The molecular formula is C20H27FN4O. The molecule has 1 aromatic carbocycles. The molecule has 2 heterocycles. The van der Waals surface area contributed by atoms with Gasteiger partial charge in [0.15, 0.2) is 0 Å². The Kier molecular flexibility index (Phi) is 4.61. The first kappa shape index (κ1) is 17.3. The van der Waals surface area contributed by atoms with E-state index in [1.165, 1.54) is 50.9 Å². The third-order valence-corrected chi connectivity index (χ3v) is 5.72. The fourth-order valence-electron chi connectivity index (χ4n) is 3.96. The molecule has 5 nitrogen and oxygen atoms in total. The predicted molar refractivity (Wildman–Crippen MR) is 100 cm³/mol. The van der Waals surface area contributed by atoms with Crippen LogP contribution < -0.4 is 5.32 Å². The van der Waals surface area contributed by atoms with Crippen LogP contribution in [0.2, 0.25) is 0 Å². The van der Waals surface area contributed by atoms with Crippen LogP contribution in [-0.4, -0.2) is 54.0 Å². The van der Waals surface area contributed by atoms with E-state index < -0.39 is 0 Å². The van der Waals surface area contributed by atoms with Gasteiger partial charge >= 0.3 is 6.03 Å². The van der Waals surface area contributed by atoms with Gasteiger partial charge in [0.1, 0.15) is 5.82 Å². The van der Waals surface area contributed by atoms with Crippen LogP contribution in [-0.2, 0) is 6.54 Å². The van der Waals surface area contributed by atoms with Gasteiger partial charge in [-0.2, -0.15) is 0 Å². The normalized spacial score (nSPS) is 19.0. The van der Waals surface area contributed by atoms with Crippen molar-refractivity contribution in [2.24, 2.45) is 5.41 Å². The number of carbonyl (C=O) groups excluding carboxylic acids is 1. The van der Waals surface area contributed by atoms with Gasteiger partial charge in [-0.05, 0) is 63.0 Å². The van der Waals surface area contributed by atoms with Crippen LogP contribution in [0, 0.1) is 11.2 Å². The van der Waals surface area contributed by atoms with Crippen molar-refractivity contribution >= 4 is 16.9 Å². The molecular weight excluding hydrogens is 331 g/mol. The third kappa shape index (κ3) is 3.85. The highest BCUT2D eigenvalue weighted by Gasteiger charge is 2.44. The van der Waals surface area contributed by atoms with Gasteiger partial charge in [0, 0.05) is 42.1 Å². The van der Waals surface area contributed by atoms with E-state index in [1.807, 2.05) is 6.07 Å². The number of benzene rings is 1. The molecule has 0 unspecified atom stereocenters. The zero-order valence-corrected chi connectivity index (χ0v) is 15.4. The van der Waals surface area contributed by atoms with Gasteiger partial charge < -0.3 is 20.1 Å². The summed E-state index contributed by atoms with van der Waals surface area (Å²) in [5.74, 6) is -0.248. The van der Waals surface area contributed by atoms with Crippen LogP contribution in [0.4, 0.5) is 9.18 Å². The number of aromatic amines is 1. The molecule has 2 amide bonds. The van der Waals surface area contributed by atoms with E-state index >= 15 is 0 Å². The summed E-state index contributed by atoms with van der Waals surface area (Å²) >= 11 is 0. The fourth-order valence-corrected chi connectivity index (χ4v) is 3.96. The highest BCUT2D eigenvalue weighted by molar-refractivity contribution is 5.80. The van der Waals surface area contributed by atoms with Crippen LogP contribution in [0.25, 0.3) is 10.9 Å². The molecule has 0 atom stereocenters. The largest absolute Gasteiger partial charge is 0.357 e. The summed E-state index contributed by atoms with van der Waals surface area (Å²) in [5, 5.41) is 3.94. The molecule has 0 bridgehead atoms. The molecule has 2 aromatic rings. The van der Waals surface area contributed by atoms with E-state index in [4.69, 9.17) is 0 Å². The van der Waals surface area contributed by atoms with E-state index in [1.54, 1.807) is 18.0 Å². The molecule has 0 spiro atoms. The molecule has 1 aliphatic carbocycles. The average molecular weight is 358 g/mol. The molecule has 2 fully saturated rings. The van der Waals surface area contributed by atoms with Crippen molar-refractivity contribution in [2.45, 2.75) is 32.2 Å². The summed E-state index contributed by atoms with van der Waals surface area (Å²) in [7, 11) is 1.79. The van der Waals surface area contributed by atoms with E-state index in [-0.39, 0.29) is 11.8 Å². The van der Waals surface area contributed by atoms with Gasteiger partial charge in [-0.1, -0.05) is 0 Å². The lowest BCUT2D eigenvalue weighted by molar-refractivity contribution is 0.199. The molecule has 1 aromatic heterocycles. The minimum atomic E-state index is -0.248. The Balaban J connectivity index is 1.29. The number of halogens is 1. The topological polar surface area (TPSA) is 51.4 Å². The van der Waals surface area contributed by atoms with Crippen LogP contribution in [0.3, 0.4) is 0 Å². The highest BCUT2D eigenvalue weighted by Crippen LogP contribution is 2.46. The Morgan fingerprint density at radius 2 is 2.08 bits per heavy atom. The maximum Gasteiger partial charge on any atom is 0.317 e. The predicted octanol–water partition coefficient (Wildman–Crippen LogP) is 3.32. The number of amides is 2. The number of urea groups is 1. The molecule has 1 aliphatic heterocycles. The molecule has 1 saturated carbocycles. The first-order valence-electron chi connectivity index (χ1n) is 9.52. The van der Waals surface area contributed by atoms with Crippen LogP contribution in [0.15, 0.2) is 24.3 Å². The van der Waals surface area contributed by atoms with Gasteiger partial charge in [-0.15, -0.1) is 0 Å². The zero-order chi connectivity index (χ0) is 18.1. The van der Waals surface area contributed by atoms with Crippen molar-refractivity contribution in [1.29, 1.82) is 0 Å². The van der Waals surface area contributed by atoms with E-state index in [0.717, 1.165) is 29.7 Å². The van der Waals surface area contributed by atoms with Gasteiger partial charge in [-0.3, -0.25) is 0 Å². The molecule has 0 radical (unpaired) electrons. The van der Waals surface area contributed by atoms with Gasteiger partial charge in [0.2, 0.25) is 0 Å². The number of H-pyrrole nitrogens is 1. The molecule has 6 heteroatoms. The summed E-state index contributed by atoms with van der Waals surface area (Å²) in [6, 6.07) is 6.52. The van der Waals surface area contributed by atoms with Crippen molar-refractivity contribution in [3.63, 3.8) is 0 Å². The molecule has 2 aliphatic rings. The summed E-state index contributed by atoms with van der Waals surface area (Å²) in [5.41, 5.74) is 2.08. The molecule has 2 N–H and O–H groups in total. The molecule has 1 saturated heterocycles. The van der Waals surface area contributed by atoms with Gasteiger partial charge in [0.25, 0.3) is 0 Å². The number of rotatable bonds is 6. The summed E-state index contributed by atoms with van der Waals surface area (Å²) < 4.78 is 13.3. The molecule has 4 rings (SSSR count). The van der Waals surface area contributed by atoms with Crippen molar-refractivity contribution in [2.75, 3.05) is 33.2 Å². The lowest BCUT2D eigenvalue weighted by Crippen LogP contribution is -2.42. The van der Waals surface area contributed by atoms with E-state index in [9.17, 15) is 9.18 Å². The SMILES string of the molecule is CN(Cc1cc2cc(F)ccc2[nH]1)C(=O)NCC1(CN2CCCC2)CC1. The maximum atomic E-state index is 13.3. The number of nitrogens with zero attached hydrogens (tertiary/aromatic N) is 2. The second-order valence-corrected chi connectivity index (χ2v) is 8.02. The maximum absolute atomic E-state index is 13.3. The monoisotopic (exact) mass is 358 g/mol. The molecule has 140 valence electrons. The van der Waals surface area contributed by atoms with Crippen molar-refractivity contribution < 1.29 is 9.18 Å². The number of fused-ring (bicyclic) bond motifs is 1. The number of aromatic nitrogens is 1. The number of hydrogen-bond donors (Lipinski definition) is 2. The second-order valence-electron chi connectivity index (χ2n) is 8.02. The Morgan fingerprint density at radius 3 is 2.81 bits per heavy atom. The zero-order valence-electron chi connectivity index (χ0n) is 15.4. The minimum absolute atomic E-state index is 0.0532. The van der Waals surface area contributed by atoms with Crippen LogP contribution in [0.1, 0.15) is 31.4 Å². The minimum Gasteiger partial charge on any atom is -0.357 e. The van der Waals surface area contributed by atoms with Crippen molar-refractivity contribution in [3.8, 4) is 0 Å². The van der Waals surface area contributed by atoms with Gasteiger partial charge in [-0.25, -0.2) is 9.18 Å². The van der Waals surface area contributed by atoms with Crippen molar-refractivity contribution in [1.82, 2.24) is 20.1 Å². The Labute approximate surface area is 153 Å². The first-order chi connectivity index (χ1) is 12.5. The smallest absolute Gasteiger partial charge is 0.317 e. The summed E-state index contributed by atoms with van der Waals surface area (Å²) in [6.45, 7) is 4.75. The van der Waals surface area contributed by atoms with Crippen LogP contribution >= 0.6 is 0 Å². The van der Waals surface area contributed by atoms with Gasteiger partial charge in [0.05, 0.1) is 6.54 Å². The number of likely N-dealkylation sites (tertiary alicyclic amines) is 1. The lowest BCUT2D eigenvalue weighted by atomic mass is 10.1. The Hall–Kier alpha value is -2.08. The van der Waals surface area contributed by atoms with E-state index in [2.05, 4.69) is 15.2 Å². The Morgan fingerprint density at radius 1 is 1.31 bits per heavy atom. The summed E-state index contributed by atoms with van der Waals surface area (Å²) in [4.78, 5) is 19.9. The third-order valence-electron chi connectivity index (χ3n) is 5.72. The first-order valence-corrected chi connectivity index (χ1v) is 9.52. The van der Waals surface area contributed by atoms with E-state index in [0.29, 0.717) is 12.0 Å². The number of carbonyl (C=O) groups is 1. The average Bonchev–Trinajstić information content (AvgIpc) is 3.00. The summed E-state index contributed by atoms with van der Waals surface area (Å²) in [6.07, 6.45) is 5.03. The lowest BCUT2D eigenvalue weighted by Gasteiger charge is -2.25. The highest BCUT2D eigenvalue weighted by atomic mass is 19.1. The fraction of sp³-hybridized carbons (Fsp3) is 0.550. The second kappa shape index (κ2) is 6.91. The quantitative estimate of drug-likeness (QED) is 0.832. The van der Waals surface area contributed by atoms with Crippen LogP contribution in [0.5, 0.6) is 0 Å².